The number of hydrogen-bond acceptors (Lipinski definition) is 3. The molecule has 112 valence electrons. The molecule has 1 heterocycles. The Bertz CT molecular complexity index is 677. The topological polar surface area (TPSA) is 30.0 Å². The Balaban J connectivity index is 2.49. The van der Waals surface area contributed by atoms with Crippen LogP contribution < -0.4 is 0 Å². The van der Waals surface area contributed by atoms with Gasteiger partial charge in [-0.2, -0.15) is 22.0 Å². The zero-order chi connectivity index (χ0) is 15.8. The molecule has 0 amide bonds. The Morgan fingerprint density at radius 1 is 1.19 bits per heavy atom. The van der Waals surface area contributed by atoms with E-state index in [1.165, 1.54) is 18.2 Å². The average Bonchev–Trinajstić information content (AvgIpc) is 2.86. The number of nitrogens with zero attached hydrogens (tertiary/aromatic N) is 1. The first kappa shape index (κ1) is 15.6. The van der Waals surface area contributed by atoms with Crippen LogP contribution in [0.15, 0.2) is 29.8 Å². The molecule has 0 N–H and O–H groups in total. The van der Waals surface area contributed by atoms with Crippen molar-refractivity contribution in [3.63, 3.8) is 0 Å². The van der Waals surface area contributed by atoms with Crippen LogP contribution in [0.5, 0.6) is 0 Å². The fourth-order valence-corrected chi connectivity index (χ4v) is 2.46. The van der Waals surface area contributed by atoms with E-state index in [2.05, 4.69) is 4.98 Å². The number of aromatic nitrogens is 1. The van der Waals surface area contributed by atoms with E-state index in [4.69, 9.17) is 0 Å². The molecule has 0 spiro atoms. The molecular formula is C13H8F5NOS. The van der Waals surface area contributed by atoms with Gasteiger partial charge in [0.15, 0.2) is 0 Å². The fourth-order valence-electron chi connectivity index (χ4n) is 1.68. The van der Waals surface area contributed by atoms with Gasteiger partial charge in [-0.1, -0.05) is 23.8 Å². The quantitative estimate of drug-likeness (QED) is 0.622. The van der Waals surface area contributed by atoms with Gasteiger partial charge < -0.3 is 0 Å². The number of rotatable bonds is 3. The summed E-state index contributed by atoms with van der Waals surface area (Å²) in [7, 11) is 0. The molecule has 0 unspecified atom stereocenters. The first-order chi connectivity index (χ1) is 9.64. The predicted molar refractivity (Wildman–Crippen MR) is 66.7 cm³/mol. The first-order valence-electron chi connectivity index (χ1n) is 5.64. The van der Waals surface area contributed by atoms with E-state index in [0.717, 1.165) is 5.51 Å². The van der Waals surface area contributed by atoms with E-state index >= 15 is 0 Å². The monoisotopic (exact) mass is 321 g/mol. The van der Waals surface area contributed by atoms with Crippen LogP contribution in [0.25, 0.3) is 0 Å². The Morgan fingerprint density at radius 3 is 2.43 bits per heavy atom. The SMILES string of the molecule is Cc1cccc(C(=O)c2scnc2C(F)(F)C(F)(F)F)c1. The molecule has 0 aliphatic rings. The van der Waals surface area contributed by atoms with Gasteiger partial charge in [0.25, 0.3) is 0 Å². The standard InChI is InChI=1S/C13H8F5NOS/c1-7-3-2-4-8(5-7)9(20)10-11(19-6-21-10)12(14,15)13(16,17)18/h2-6H,1H3. The van der Waals surface area contributed by atoms with E-state index in [0.29, 0.717) is 16.9 Å². The smallest absolute Gasteiger partial charge is 0.288 e. The van der Waals surface area contributed by atoms with Crippen molar-refractivity contribution < 1.29 is 26.7 Å². The molecule has 0 aliphatic carbocycles. The lowest BCUT2D eigenvalue weighted by Crippen LogP contribution is -2.35. The van der Waals surface area contributed by atoms with Gasteiger partial charge in [-0.15, -0.1) is 11.3 Å². The number of benzene rings is 1. The highest BCUT2D eigenvalue weighted by atomic mass is 32.1. The third-order valence-corrected chi connectivity index (χ3v) is 3.53. The fraction of sp³-hybridized carbons (Fsp3) is 0.231. The highest BCUT2D eigenvalue weighted by Gasteiger charge is 2.61. The molecule has 0 bridgehead atoms. The van der Waals surface area contributed by atoms with Crippen LogP contribution in [-0.4, -0.2) is 16.9 Å². The lowest BCUT2D eigenvalue weighted by Gasteiger charge is -2.18. The average molecular weight is 321 g/mol. The maximum Gasteiger partial charge on any atom is 0.459 e. The summed E-state index contributed by atoms with van der Waals surface area (Å²) >= 11 is 0.461. The Morgan fingerprint density at radius 2 is 1.86 bits per heavy atom. The van der Waals surface area contributed by atoms with Crippen LogP contribution in [0.3, 0.4) is 0 Å². The molecule has 8 heteroatoms. The maximum atomic E-state index is 13.4. The summed E-state index contributed by atoms with van der Waals surface area (Å²) in [6.45, 7) is 1.68. The summed E-state index contributed by atoms with van der Waals surface area (Å²) in [6.07, 6.45) is -5.80. The highest BCUT2D eigenvalue weighted by molar-refractivity contribution is 7.12. The largest absolute Gasteiger partial charge is 0.459 e. The van der Waals surface area contributed by atoms with Crippen molar-refractivity contribution >= 4 is 17.1 Å². The molecule has 0 aliphatic heterocycles. The Hall–Kier alpha value is -1.83. The number of thiazole rings is 1. The van der Waals surface area contributed by atoms with E-state index < -0.39 is 28.5 Å². The number of aryl methyl sites for hydroxylation is 1. The lowest BCUT2D eigenvalue weighted by atomic mass is 10.0. The number of hydrogen-bond donors (Lipinski definition) is 0. The number of carbonyl (C=O) groups is 1. The van der Waals surface area contributed by atoms with Crippen LogP contribution >= 0.6 is 11.3 Å². The molecule has 2 rings (SSSR count). The molecule has 21 heavy (non-hydrogen) atoms. The molecule has 1 aromatic heterocycles. The molecule has 0 atom stereocenters. The van der Waals surface area contributed by atoms with E-state index in [9.17, 15) is 26.7 Å². The normalized spacial score (nSPS) is 12.5. The zero-order valence-corrected chi connectivity index (χ0v) is 11.4. The van der Waals surface area contributed by atoms with Gasteiger partial charge in [-0.05, 0) is 13.0 Å². The molecule has 0 fully saturated rings. The number of carbonyl (C=O) groups excluding carboxylic acids is 1. The van der Waals surface area contributed by atoms with Crippen molar-refractivity contribution in [1.82, 2.24) is 4.98 Å². The molecule has 1 aromatic carbocycles. The summed E-state index contributed by atoms with van der Waals surface area (Å²) in [5, 5.41) is 0. The highest BCUT2D eigenvalue weighted by Crippen LogP contribution is 2.45. The second-order valence-corrected chi connectivity index (χ2v) is 5.16. The first-order valence-corrected chi connectivity index (χ1v) is 6.52. The van der Waals surface area contributed by atoms with Crippen molar-refractivity contribution in [1.29, 1.82) is 0 Å². The number of alkyl halides is 5. The van der Waals surface area contributed by atoms with E-state index in [1.807, 2.05) is 0 Å². The summed E-state index contributed by atoms with van der Waals surface area (Å²) in [5.74, 6) is -6.07. The van der Waals surface area contributed by atoms with Gasteiger partial charge in [-0.3, -0.25) is 4.79 Å². The summed E-state index contributed by atoms with van der Waals surface area (Å²) in [6, 6.07) is 5.96. The van der Waals surface area contributed by atoms with Crippen molar-refractivity contribution in [3.8, 4) is 0 Å². The molecule has 0 saturated heterocycles. The number of ketones is 1. The van der Waals surface area contributed by atoms with Crippen LogP contribution in [-0.2, 0) is 5.92 Å². The predicted octanol–water partition coefficient (Wildman–Crippen LogP) is 4.34. The minimum absolute atomic E-state index is 0.0403. The van der Waals surface area contributed by atoms with Gasteiger partial charge in [0.05, 0.1) is 5.51 Å². The third-order valence-electron chi connectivity index (χ3n) is 2.71. The lowest BCUT2D eigenvalue weighted by molar-refractivity contribution is -0.290. The van der Waals surface area contributed by atoms with Crippen LogP contribution in [0, 0.1) is 6.92 Å². The van der Waals surface area contributed by atoms with Gasteiger partial charge in [-0.25, -0.2) is 4.98 Å². The molecular weight excluding hydrogens is 313 g/mol. The van der Waals surface area contributed by atoms with Crippen LogP contribution in [0.4, 0.5) is 22.0 Å². The van der Waals surface area contributed by atoms with Crippen LogP contribution in [0.2, 0.25) is 0 Å². The third kappa shape index (κ3) is 2.80. The van der Waals surface area contributed by atoms with E-state index in [1.54, 1.807) is 13.0 Å². The van der Waals surface area contributed by atoms with Crippen molar-refractivity contribution in [2.75, 3.05) is 0 Å². The van der Waals surface area contributed by atoms with Crippen molar-refractivity contribution in [2.45, 2.75) is 19.0 Å². The molecule has 0 radical (unpaired) electrons. The summed E-state index contributed by atoms with van der Waals surface area (Å²) < 4.78 is 64.0. The molecule has 2 aromatic rings. The summed E-state index contributed by atoms with van der Waals surface area (Å²) in [5.41, 5.74) is -0.0163. The van der Waals surface area contributed by atoms with Crippen molar-refractivity contribution in [2.24, 2.45) is 0 Å². The van der Waals surface area contributed by atoms with E-state index in [-0.39, 0.29) is 5.56 Å². The maximum absolute atomic E-state index is 13.4. The molecule has 2 nitrogen and oxygen atoms in total. The van der Waals surface area contributed by atoms with Gasteiger partial charge in [0.2, 0.25) is 5.78 Å². The number of halogens is 5. The van der Waals surface area contributed by atoms with Crippen LogP contribution in [0.1, 0.15) is 26.5 Å². The van der Waals surface area contributed by atoms with Crippen molar-refractivity contribution in [3.05, 3.63) is 51.5 Å². The Kier molecular flexibility index (Phi) is 3.83. The second kappa shape index (κ2) is 5.18. The minimum Gasteiger partial charge on any atom is -0.288 e. The van der Waals surface area contributed by atoms with Gasteiger partial charge >= 0.3 is 12.1 Å². The summed E-state index contributed by atoms with van der Waals surface area (Å²) in [4.78, 5) is 14.5. The van der Waals surface area contributed by atoms with Gasteiger partial charge in [0.1, 0.15) is 10.6 Å². The Labute approximate surface area is 120 Å². The second-order valence-electron chi connectivity index (χ2n) is 4.30. The zero-order valence-electron chi connectivity index (χ0n) is 10.5. The van der Waals surface area contributed by atoms with Gasteiger partial charge in [0, 0.05) is 5.56 Å². The minimum atomic E-state index is -5.80. The molecule has 0 saturated carbocycles.